The summed E-state index contributed by atoms with van der Waals surface area (Å²) in [4.78, 5) is 2.54. The number of benzene rings is 1. The Kier molecular flexibility index (Phi) is 5.55. The van der Waals surface area contributed by atoms with Gasteiger partial charge in [0, 0.05) is 12.1 Å². The number of halogens is 1. The van der Waals surface area contributed by atoms with Gasteiger partial charge in [0.05, 0.1) is 0 Å². The zero-order chi connectivity index (χ0) is 14.5. The highest BCUT2D eigenvalue weighted by atomic mass is 19.1. The van der Waals surface area contributed by atoms with Crippen LogP contribution >= 0.6 is 0 Å². The molecular formula is C17H27FN2. The van der Waals surface area contributed by atoms with Gasteiger partial charge in [-0.3, -0.25) is 0 Å². The first-order chi connectivity index (χ1) is 9.56. The molecule has 0 aromatic heterocycles. The quantitative estimate of drug-likeness (QED) is 0.890. The number of likely N-dealkylation sites (tertiary alicyclic amines) is 1. The Morgan fingerprint density at radius 3 is 2.60 bits per heavy atom. The Hall–Kier alpha value is -0.930. The van der Waals surface area contributed by atoms with Crippen molar-refractivity contribution in [3.05, 3.63) is 35.1 Å². The molecule has 2 rings (SSSR count). The highest BCUT2D eigenvalue weighted by molar-refractivity contribution is 5.26. The topological polar surface area (TPSA) is 15.3 Å². The second-order valence-corrected chi connectivity index (χ2v) is 6.18. The lowest BCUT2D eigenvalue weighted by Gasteiger charge is -2.35. The molecule has 112 valence electrons. The van der Waals surface area contributed by atoms with Crippen molar-refractivity contribution in [2.75, 3.05) is 19.6 Å². The predicted octanol–water partition coefficient (Wildman–Crippen LogP) is 3.14. The van der Waals surface area contributed by atoms with Crippen molar-refractivity contribution in [3.63, 3.8) is 0 Å². The van der Waals surface area contributed by atoms with Gasteiger partial charge in [0.15, 0.2) is 0 Å². The smallest absolute Gasteiger partial charge is 0.123 e. The first kappa shape index (κ1) is 15.5. The molecule has 1 heterocycles. The molecule has 0 aliphatic carbocycles. The number of hydrogen-bond acceptors (Lipinski definition) is 2. The van der Waals surface area contributed by atoms with Gasteiger partial charge in [-0.15, -0.1) is 0 Å². The molecule has 1 aromatic carbocycles. The summed E-state index contributed by atoms with van der Waals surface area (Å²) in [6.07, 6.45) is 3.46. The van der Waals surface area contributed by atoms with E-state index < -0.39 is 0 Å². The molecule has 1 aliphatic heterocycles. The zero-order valence-corrected chi connectivity index (χ0v) is 13.0. The first-order valence-electron chi connectivity index (χ1n) is 7.78. The number of rotatable bonds is 5. The van der Waals surface area contributed by atoms with Gasteiger partial charge in [-0.1, -0.05) is 6.07 Å². The summed E-state index contributed by atoms with van der Waals surface area (Å²) >= 11 is 0. The van der Waals surface area contributed by atoms with Crippen LogP contribution in [0.4, 0.5) is 4.39 Å². The zero-order valence-electron chi connectivity index (χ0n) is 13.0. The maximum Gasteiger partial charge on any atom is 0.123 e. The van der Waals surface area contributed by atoms with Gasteiger partial charge in [-0.25, -0.2) is 4.39 Å². The number of hydrogen-bond donors (Lipinski definition) is 1. The largest absolute Gasteiger partial charge is 0.314 e. The van der Waals surface area contributed by atoms with Gasteiger partial charge in [-0.2, -0.15) is 0 Å². The van der Waals surface area contributed by atoms with Gasteiger partial charge >= 0.3 is 0 Å². The molecule has 0 bridgehead atoms. The van der Waals surface area contributed by atoms with Crippen LogP contribution in [0.15, 0.2) is 18.2 Å². The Balaban J connectivity index is 1.71. The molecule has 1 fully saturated rings. The number of piperidine rings is 1. The van der Waals surface area contributed by atoms with Crippen LogP contribution in [-0.2, 0) is 6.42 Å². The van der Waals surface area contributed by atoms with E-state index in [2.05, 4.69) is 24.1 Å². The number of nitrogens with zero attached hydrogens (tertiary/aromatic N) is 1. The van der Waals surface area contributed by atoms with E-state index in [4.69, 9.17) is 0 Å². The Labute approximate surface area is 122 Å². The minimum Gasteiger partial charge on any atom is -0.314 e. The fourth-order valence-corrected chi connectivity index (χ4v) is 2.97. The van der Waals surface area contributed by atoms with Gasteiger partial charge in [0.25, 0.3) is 0 Å². The first-order valence-corrected chi connectivity index (χ1v) is 7.78. The average Bonchev–Trinajstić information content (AvgIpc) is 2.42. The van der Waals surface area contributed by atoms with E-state index in [0.717, 1.165) is 18.5 Å². The second-order valence-electron chi connectivity index (χ2n) is 6.18. The Morgan fingerprint density at radius 1 is 1.30 bits per heavy atom. The third-order valence-electron chi connectivity index (χ3n) is 4.39. The third kappa shape index (κ3) is 4.29. The molecule has 20 heavy (non-hydrogen) atoms. The molecule has 0 saturated carbocycles. The molecule has 0 amide bonds. The van der Waals surface area contributed by atoms with Crippen LogP contribution in [0.2, 0.25) is 0 Å². The molecule has 0 atom stereocenters. The van der Waals surface area contributed by atoms with E-state index >= 15 is 0 Å². The third-order valence-corrected chi connectivity index (χ3v) is 4.39. The predicted molar refractivity (Wildman–Crippen MR) is 82.6 cm³/mol. The fourth-order valence-electron chi connectivity index (χ4n) is 2.97. The summed E-state index contributed by atoms with van der Waals surface area (Å²) in [5, 5.41) is 3.65. The molecule has 0 spiro atoms. The summed E-state index contributed by atoms with van der Waals surface area (Å²) < 4.78 is 13.0. The van der Waals surface area contributed by atoms with Crippen molar-refractivity contribution in [2.24, 2.45) is 0 Å². The van der Waals surface area contributed by atoms with Crippen LogP contribution in [0.3, 0.4) is 0 Å². The van der Waals surface area contributed by atoms with Gasteiger partial charge in [-0.05, 0) is 82.9 Å². The number of aryl methyl sites for hydroxylation is 1. The Morgan fingerprint density at radius 2 is 2.00 bits per heavy atom. The van der Waals surface area contributed by atoms with E-state index in [-0.39, 0.29) is 5.82 Å². The van der Waals surface area contributed by atoms with Crippen LogP contribution in [0.1, 0.15) is 37.8 Å². The maximum atomic E-state index is 13.0. The van der Waals surface area contributed by atoms with E-state index in [0.29, 0.717) is 12.1 Å². The molecule has 1 saturated heterocycles. The monoisotopic (exact) mass is 278 g/mol. The highest BCUT2D eigenvalue weighted by Gasteiger charge is 2.19. The van der Waals surface area contributed by atoms with Crippen molar-refractivity contribution in [1.82, 2.24) is 10.2 Å². The molecule has 2 nitrogen and oxygen atoms in total. The molecule has 0 unspecified atom stereocenters. The normalized spacial score (nSPS) is 17.9. The molecule has 1 N–H and O–H groups in total. The summed E-state index contributed by atoms with van der Waals surface area (Å²) in [6, 6.07) is 6.40. The summed E-state index contributed by atoms with van der Waals surface area (Å²) in [5.74, 6) is -0.139. The lowest BCUT2D eigenvalue weighted by atomic mass is 10.0. The van der Waals surface area contributed by atoms with Crippen molar-refractivity contribution >= 4 is 0 Å². The minimum atomic E-state index is -0.139. The van der Waals surface area contributed by atoms with Gasteiger partial charge < -0.3 is 10.2 Å². The van der Waals surface area contributed by atoms with Crippen LogP contribution in [-0.4, -0.2) is 36.6 Å². The summed E-state index contributed by atoms with van der Waals surface area (Å²) in [6.45, 7) is 9.91. The van der Waals surface area contributed by atoms with Crippen LogP contribution in [0, 0.1) is 12.7 Å². The lowest BCUT2D eigenvalue weighted by Crippen LogP contribution is -2.45. The van der Waals surface area contributed by atoms with E-state index in [1.807, 2.05) is 13.0 Å². The van der Waals surface area contributed by atoms with Gasteiger partial charge in [0.2, 0.25) is 0 Å². The van der Waals surface area contributed by atoms with Crippen molar-refractivity contribution in [2.45, 2.75) is 52.1 Å². The second kappa shape index (κ2) is 7.19. The molecule has 3 heteroatoms. The van der Waals surface area contributed by atoms with Crippen LogP contribution in [0.5, 0.6) is 0 Å². The molecule has 1 aliphatic rings. The SMILES string of the molecule is Cc1cc(F)ccc1CCNC1CCN(C(C)C)CC1. The fraction of sp³-hybridized carbons (Fsp3) is 0.647. The molecular weight excluding hydrogens is 251 g/mol. The van der Waals surface area contributed by atoms with Crippen molar-refractivity contribution < 1.29 is 4.39 Å². The highest BCUT2D eigenvalue weighted by Crippen LogP contribution is 2.14. The van der Waals surface area contributed by atoms with E-state index in [1.54, 1.807) is 12.1 Å². The lowest BCUT2D eigenvalue weighted by molar-refractivity contribution is 0.161. The molecule has 0 radical (unpaired) electrons. The number of nitrogens with one attached hydrogen (secondary N) is 1. The minimum absolute atomic E-state index is 0.139. The van der Waals surface area contributed by atoms with Crippen molar-refractivity contribution in [3.8, 4) is 0 Å². The van der Waals surface area contributed by atoms with Gasteiger partial charge in [0.1, 0.15) is 5.82 Å². The van der Waals surface area contributed by atoms with Crippen LogP contribution in [0.25, 0.3) is 0 Å². The summed E-state index contributed by atoms with van der Waals surface area (Å²) in [7, 11) is 0. The van der Waals surface area contributed by atoms with Crippen molar-refractivity contribution in [1.29, 1.82) is 0 Å². The molecule has 1 aromatic rings. The Bertz CT molecular complexity index is 423. The van der Waals surface area contributed by atoms with Crippen LogP contribution < -0.4 is 5.32 Å². The van der Waals surface area contributed by atoms with E-state index in [9.17, 15) is 4.39 Å². The average molecular weight is 278 g/mol. The maximum absolute atomic E-state index is 13.0. The van der Waals surface area contributed by atoms with E-state index in [1.165, 1.54) is 31.5 Å². The summed E-state index contributed by atoms with van der Waals surface area (Å²) in [5.41, 5.74) is 2.31. The standard InChI is InChI=1S/C17H27FN2/c1-13(2)20-10-7-17(8-11-20)19-9-6-15-4-5-16(18)12-14(15)3/h4-5,12-13,17,19H,6-11H2,1-3H3.